The Bertz CT molecular complexity index is 3730. The van der Waals surface area contributed by atoms with E-state index in [0.29, 0.717) is 0 Å². The van der Waals surface area contributed by atoms with Gasteiger partial charge in [-0.25, -0.2) is 0 Å². The maximum absolute atomic E-state index is 2.38. The summed E-state index contributed by atoms with van der Waals surface area (Å²) >= 11 is 3.78. The minimum atomic E-state index is 1.12. The number of anilines is 6. The molecule has 0 atom stereocenters. The molecule has 70 heavy (non-hydrogen) atoms. The number of fused-ring (bicyclic) bond motifs is 6. The minimum Gasteiger partial charge on any atom is -0.310 e. The van der Waals surface area contributed by atoms with Crippen LogP contribution in [-0.4, -0.2) is 0 Å². The van der Waals surface area contributed by atoms with Gasteiger partial charge in [0.25, 0.3) is 0 Å². The molecule has 12 aromatic carbocycles. The first kappa shape index (κ1) is 40.8. The van der Waals surface area contributed by atoms with Crippen molar-refractivity contribution in [2.45, 2.75) is 19.6 Å². The third kappa shape index (κ3) is 6.82. The molecule has 0 radical (unpaired) electrons. The normalized spacial score (nSPS) is 12.2. The molecule has 0 amide bonds. The second-order valence-corrected chi connectivity index (χ2v) is 20.2. The highest BCUT2D eigenvalue weighted by Gasteiger charge is 2.28. The molecule has 2 nitrogen and oxygen atoms in total. The van der Waals surface area contributed by atoms with E-state index in [4.69, 9.17) is 0 Å². The summed E-state index contributed by atoms with van der Waals surface area (Å²) < 4.78 is 0. The van der Waals surface area contributed by atoms with Crippen LogP contribution in [-0.2, 0) is 0 Å². The van der Waals surface area contributed by atoms with E-state index in [9.17, 15) is 0 Å². The number of para-hydroxylation sites is 2. The van der Waals surface area contributed by atoms with Crippen LogP contribution in [0.15, 0.2) is 274 Å². The van der Waals surface area contributed by atoms with Crippen molar-refractivity contribution in [2.75, 3.05) is 9.80 Å². The van der Waals surface area contributed by atoms with E-state index < -0.39 is 0 Å². The summed E-state index contributed by atoms with van der Waals surface area (Å²) in [5.74, 6) is 0. The quantitative estimate of drug-likeness (QED) is 0.150. The average molecular weight is 927 g/mol. The number of hydrogen-bond donors (Lipinski definition) is 0. The van der Waals surface area contributed by atoms with E-state index in [1.165, 1.54) is 96.4 Å². The molecule has 0 saturated carbocycles. The monoisotopic (exact) mass is 926 g/mol. The molecule has 0 N–H and O–H groups in total. The zero-order valence-corrected chi connectivity index (χ0v) is 39.6. The van der Waals surface area contributed by atoms with Gasteiger partial charge in [0.1, 0.15) is 0 Å². The van der Waals surface area contributed by atoms with Crippen LogP contribution in [0.3, 0.4) is 0 Å². The predicted molar refractivity (Wildman–Crippen MR) is 298 cm³/mol. The van der Waals surface area contributed by atoms with Gasteiger partial charge in [0.15, 0.2) is 0 Å². The Kier molecular flexibility index (Phi) is 9.75. The van der Waals surface area contributed by atoms with Gasteiger partial charge in [-0.05, 0) is 151 Å². The van der Waals surface area contributed by atoms with Crippen molar-refractivity contribution in [1.29, 1.82) is 0 Å². The SMILES string of the molecule is c1ccc(N(c2ccc(-c3cccc4ccccc34)cc2)c2ccc3c(c2)Sc2ccc4c5c(ccc-3c25)-c2ccc(N(c3ccccc3)c3ccc(-c5cccc6ccccc56)cc3)cc2S4)cc1. The Balaban J connectivity index is 0.810. The van der Waals surface area contributed by atoms with Crippen LogP contribution < -0.4 is 9.80 Å². The zero-order valence-electron chi connectivity index (χ0n) is 38.0. The highest BCUT2D eigenvalue weighted by atomic mass is 32.2. The molecular weight excluding hydrogens is 885 g/mol. The van der Waals surface area contributed by atoms with E-state index >= 15 is 0 Å². The molecule has 0 unspecified atom stereocenters. The molecule has 12 aromatic rings. The summed E-state index contributed by atoms with van der Waals surface area (Å²) in [4.78, 5) is 9.89. The predicted octanol–water partition coefficient (Wildman–Crippen LogP) is 19.7. The Labute approximate surface area is 416 Å². The molecule has 0 fully saturated rings. The lowest BCUT2D eigenvalue weighted by Gasteiger charge is -2.30. The van der Waals surface area contributed by atoms with Crippen molar-refractivity contribution in [2.24, 2.45) is 0 Å². The van der Waals surface area contributed by atoms with Gasteiger partial charge in [-0.1, -0.05) is 193 Å². The zero-order chi connectivity index (χ0) is 46.1. The van der Waals surface area contributed by atoms with Gasteiger partial charge in [0, 0.05) is 64.5 Å². The van der Waals surface area contributed by atoms with Crippen molar-refractivity contribution in [1.82, 2.24) is 0 Å². The van der Waals surface area contributed by atoms with Crippen LogP contribution in [0.4, 0.5) is 34.1 Å². The van der Waals surface area contributed by atoms with Crippen molar-refractivity contribution < 1.29 is 0 Å². The summed E-state index contributed by atoms with van der Waals surface area (Å²) in [6.07, 6.45) is 0. The van der Waals surface area contributed by atoms with Gasteiger partial charge in [-0.3, -0.25) is 0 Å². The standard InChI is InChI=1S/C66H42N2S2/c1-3-17-47(18-4-1)67(49-29-25-45(26-30-49)55-23-11-15-43-13-7-9-21-53(43)55)51-33-35-57-59-37-38-60-58-36-34-52(42-64(58)70-62-40-39-61(65(59)66(60)62)69-63(57)41-51)68(48-19-5-2-6-20-48)50-31-27-46(28-32-50)56-24-12-16-44-14-8-10-22-54(44)56/h1-42H. The van der Waals surface area contributed by atoms with E-state index in [1.807, 2.05) is 23.5 Å². The van der Waals surface area contributed by atoms with Crippen LogP contribution in [0.2, 0.25) is 0 Å². The Morgan fingerprint density at radius 3 is 1.03 bits per heavy atom. The van der Waals surface area contributed by atoms with Gasteiger partial charge in [0.2, 0.25) is 0 Å². The maximum Gasteiger partial charge on any atom is 0.0473 e. The van der Waals surface area contributed by atoms with E-state index in [0.717, 1.165) is 34.1 Å². The summed E-state index contributed by atoms with van der Waals surface area (Å²) in [6, 6.07) is 93.4. The smallest absolute Gasteiger partial charge is 0.0473 e. The fourth-order valence-electron chi connectivity index (χ4n) is 10.8. The van der Waals surface area contributed by atoms with Crippen LogP contribution in [0.1, 0.15) is 0 Å². The molecule has 2 heterocycles. The third-order valence-electron chi connectivity index (χ3n) is 14.0. The van der Waals surface area contributed by atoms with Gasteiger partial charge in [0.05, 0.1) is 0 Å². The molecule has 0 aliphatic carbocycles. The van der Waals surface area contributed by atoms with E-state index in [2.05, 4.69) is 265 Å². The summed E-state index contributed by atoms with van der Waals surface area (Å²) in [5, 5.41) is 7.74. The molecule has 14 rings (SSSR count). The molecule has 0 saturated heterocycles. The third-order valence-corrected chi connectivity index (χ3v) is 16.3. The Morgan fingerprint density at radius 1 is 0.229 bits per heavy atom. The highest BCUT2D eigenvalue weighted by molar-refractivity contribution is 8.00. The first-order valence-corrected chi connectivity index (χ1v) is 25.4. The summed E-state index contributed by atoms with van der Waals surface area (Å²) in [6.45, 7) is 0. The Hall–Kier alpha value is -8.28. The average Bonchev–Trinajstić information content (AvgIpc) is 3.43. The molecule has 0 bridgehead atoms. The van der Waals surface area contributed by atoms with Crippen molar-refractivity contribution in [3.63, 3.8) is 0 Å². The first-order chi connectivity index (χ1) is 34.7. The molecule has 328 valence electrons. The van der Waals surface area contributed by atoms with Gasteiger partial charge in [-0.2, -0.15) is 0 Å². The van der Waals surface area contributed by atoms with Crippen LogP contribution >= 0.6 is 23.5 Å². The lowest BCUT2D eigenvalue weighted by atomic mass is 9.91. The fraction of sp³-hybridized carbons (Fsp3) is 0. The second-order valence-electron chi connectivity index (χ2n) is 18.0. The minimum absolute atomic E-state index is 1.12. The van der Waals surface area contributed by atoms with E-state index in [-0.39, 0.29) is 0 Å². The molecular formula is C66H42N2S2. The van der Waals surface area contributed by atoms with Gasteiger partial charge >= 0.3 is 0 Å². The van der Waals surface area contributed by atoms with Crippen LogP contribution in [0.25, 0.3) is 76.8 Å². The molecule has 2 aliphatic heterocycles. The van der Waals surface area contributed by atoms with Crippen molar-refractivity contribution in [3.8, 4) is 44.5 Å². The number of nitrogens with zero attached hydrogens (tertiary/aromatic N) is 2. The number of hydrogen-bond acceptors (Lipinski definition) is 4. The maximum atomic E-state index is 2.38. The molecule has 2 aliphatic rings. The highest BCUT2D eigenvalue weighted by Crippen LogP contribution is 2.57. The van der Waals surface area contributed by atoms with Gasteiger partial charge < -0.3 is 9.80 Å². The molecule has 0 aromatic heterocycles. The topological polar surface area (TPSA) is 6.48 Å². The van der Waals surface area contributed by atoms with Crippen LogP contribution in [0.5, 0.6) is 0 Å². The molecule has 0 spiro atoms. The fourth-order valence-corrected chi connectivity index (χ4v) is 13.1. The largest absolute Gasteiger partial charge is 0.310 e. The lowest BCUT2D eigenvalue weighted by molar-refractivity contribution is 1.25. The van der Waals surface area contributed by atoms with Crippen LogP contribution in [0, 0.1) is 0 Å². The number of rotatable bonds is 8. The summed E-state index contributed by atoms with van der Waals surface area (Å²) in [5.41, 5.74) is 16.8. The Morgan fingerprint density at radius 2 is 0.586 bits per heavy atom. The van der Waals surface area contributed by atoms with E-state index in [1.54, 1.807) is 0 Å². The number of benzene rings is 12. The van der Waals surface area contributed by atoms with Gasteiger partial charge in [-0.15, -0.1) is 0 Å². The van der Waals surface area contributed by atoms with Crippen molar-refractivity contribution >= 4 is 90.0 Å². The summed E-state index contributed by atoms with van der Waals surface area (Å²) in [7, 11) is 0. The second kappa shape index (κ2) is 16.7. The molecule has 4 heteroatoms. The first-order valence-electron chi connectivity index (χ1n) is 23.8. The lowest BCUT2D eigenvalue weighted by Crippen LogP contribution is -2.10. The van der Waals surface area contributed by atoms with Crippen molar-refractivity contribution in [3.05, 3.63) is 255 Å².